The molecule has 46 nitrogen and oxygen atoms in total. The van der Waals surface area contributed by atoms with Gasteiger partial charge in [0.2, 0.25) is 29.5 Å². The minimum Gasteiger partial charge on any atom is -0.394 e. The second-order valence-electron chi connectivity index (χ2n) is 29.3. The molecule has 26 atom stereocenters. The van der Waals surface area contributed by atoms with E-state index in [4.69, 9.17) is 52.2 Å². The summed E-state index contributed by atoms with van der Waals surface area (Å²) in [6.07, 6.45) is -39.1. The molecule has 0 radical (unpaired) electrons. The molecule has 6 saturated heterocycles. The van der Waals surface area contributed by atoms with E-state index in [-0.39, 0.29) is 128 Å². The van der Waals surface area contributed by atoms with Crippen LogP contribution in [0, 0.1) is 5.92 Å². The molecule has 6 fully saturated rings. The van der Waals surface area contributed by atoms with Gasteiger partial charge in [-0.15, -0.1) is 5.06 Å². The first kappa shape index (κ1) is 100.0. The van der Waals surface area contributed by atoms with Gasteiger partial charge in [0.25, 0.3) is 11.8 Å². The van der Waals surface area contributed by atoms with Crippen LogP contribution in [0.15, 0.2) is 0 Å². The summed E-state index contributed by atoms with van der Waals surface area (Å²) in [5.74, 6) is -6.53. The highest BCUT2D eigenvalue weighted by Crippen LogP contribution is 2.32. The van der Waals surface area contributed by atoms with Crippen molar-refractivity contribution in [2.24, 2.45) is 5.92 Å². The predicted molar refractivity (Wildman–Crippen MR) is 385 cm³/mol. The lowest BCUT2D eigenvalue weighted by atomic mass is 9.93. The van der Waals surface area contributed by atoms with E-state index in [0.29, 0.717) is 62.9 Å². The van der Waals surface area contributed by atoms with Gasteiger partial charge in [0.1, 0.15) is 134 Å². The molecule has 0 saturated carbocycles. The summed E-state index contributed by atoms with van der Waals surface area (Å²) in [5.41, 5.74) is 0. The van der Waals surface area contributed by atoms with Crippen LogP contribution in [0.3, 0.4) is 0 Å². The smallest absolute Gasteiger partial charge is 0.333 e. The number of nitrogens with zero attached hydrogens (tertiary/aromatic N) is 2. The molecule has 6 heterocycles. The topological polar surface area (TPSA) is 703 Å². The third kappa shape index (κ3) is 31.8. The first-order valence-electron chi connectivity index (χ1n) is 39.3. The molecule has 0 aromatic rings. The Labute approximate surface area is 672 Å². The number of carbonyl (C=O) groups excluding carboxylic acids is 10. The van der Waals surface area contributed by atoms with Crippen LogP contribution in [0.1, 0.15) is 122 Å². The van der Waals surface area contributed by atoms with Crippen molar-refractivity contribution >= 4 is 58.9 Å². The minimum atomic E-state index is -1.97. The molecule has 6 aliphatic rings. The Morgan fingerprint density at radius 3 is 1.21 bits per heavy atom. The summed E-state index contributed by atoms with van der Waals surface area (Å²) in [7, 11) is 0. The van der Waals surface area contributed by atoms with E-state index in [1.807, 2.05) is 0 Å². The molecule has 6 rings (SSSR count). The SMILES string of the molecule is O=C(CCCCCNC(=O)CN(CC(=O)NCCCCCC(=O)C[C@@H](CCC(=O)NCCO[C@H]1O[C@H](CO)[C@@H](O)[C@H](O)[C@@H]1O)C(=O)NCCO[C@H]1O[C@H](CO)[C@@H](O)[C@H](O)[C@@H]1O)CC(=O)NCCCCCC(=O)ON1C(=O)CCC1=O)CCCO[C@H]1O[C@H](CO[C@H]2O[C@H](CO)[C@@H](O)[C@H](O)[C@@H]2O)[C@@H](O)[C@H](O[C@H]2O[C@H](CO)[C@@H](O)[C@H](O)[C@@H]2O)[C@@H]1O. The number of Topliss-reactive ketones (excluding diaryl/α,β-unsaturated/α-hetero) is 2. The zero-order chi connectivity index (χ0) is 86.0. The fourth-order valence-corrected chi connectivity index (χ4v) is 13.3. The average molecular weight is 1690 g/mol. The molecule has 23 N–H and O–H groups in total. The molecule has 46 heteroatoms. The molecule has 6 aliphatic heterocycles. The van der Waals surface area contributed by atoms with Gasteiger partial charge in [0.15, 0.2) is 31.5 Å². The van der Waals surface area contributed by atoms with Gasteiger partial charge >= 0.3 is 5.97 Å². The molecule has 0 bridgehead atoms. The Balaban J connectivity index is 0.938. The first-order valence-corrected chi connectivity index (χ1v) is 39.3. The molecule has 672 valence electrons. The standard InChI is InChI=1S/C71H119N7O39/c79-31-39-51(92)56(97)60(101)67(111-39)108-25-22-75-44(85)16-15-36(66(106)76-23-26-109-68-61(102)57(98)52(93)40(32-80)112-68)27-38(84)12-5-2-8-20-73-46(87)29-77(30-47(88)74-21-9-3-6-14-50(91)117-78-48(89)17-18-49(78)90)28-45(86)72-19-7-1-4-11-37(83)13-10-24-107-70-64(105)65(116-71-63(104)59(100)54(95)42(34-82)114-71)55(96)43(115-70)35-110-69-62(103)58(99)53(94)41(33-81)113-69/h36,39-43,51-65,67-71,79-82,92-105H,1-35H2,(H,72,86)(H,73,87)(H,74,88)(H,75,85)(H,76,106)/t36-,39-,40-,41-,42-,43-,51-,52-,53-,54-,55-,56+,57+,58+,59+,60+,61+,62+,63+,64+,65+,67+,68+,69+,70+,71-/m1/s1. The highest BCUT2D eigenvalue weighted by Gasteiger charge is 2.53. The molecule has 0 spiro atoms. The number of hydrogen-bond acceptors (Lipinski definition) is 40. The number of aliphatic hydroxyl groups excluding tert-OH is 18. The van der Waals surface area contributed by atoms with E-state index in [2.05, 4.69) is 26.6 Å². The second-order valence-corrected chi connectivity index (χ2v) is 29.3. The molecule has 0 aromatic carbocycles. The Hall–Kier alpha value is -5.86. The second kappa shape index (κ2) is 51.8. The van der Waals surface area contributed by atoms with E-state index in [1.54, 1.807) is 0 Å². The highest BCUT2D eigenvalue weighted by atomic mass is 16.8. The van der Waals surface area contributed by atoms with Gasteiger partial charge in [-0.2, -0.15) is 0 Å². The summed E-state index contributed by atoms with van der Waals surface area (Å²) in [5, 5.41) is 198. The van der Waals surface area contributed by atoms with Crippen LogP contribution < -0.4 is 26.6 Å². The van der Waals surface area contributed by atoms with Crippen LogP contribution in [0.5, 0.6) is 0 Å². The maximum Gasteiger partial charge on any atom is 0.333 e. The minimum absolute atomic E-state index is 0.0196. The van der Waals surface area contributed by atoms with Crippen molar-refractivity contribution in [1.29, 1.82) is 0 Å². The molecule has 0 aliphatic carbocycles. The zero-order valence-electron chi connectivity index (χ0n) is 64.8. The van der Waals surface area contributed by atoms with Crippen molar-refractivity contribution in [3.8, 4) is 0 Å². The first-order chi connectivity index (χ1) is 55.8. The van der Waals surface area contributed by atoms with Gasteiger partial charge in [-0.05, 0) is 51.4 Å². The maximum atomic E-state index is 13.6. The van der Waals surface area contributed by atoms with Crippen LogP contribution in [-0.4, -0.2) is 420 Å². The Bertz CT molecular complexity index is 3040. The van der Waals surface area contributed by atoms with Gasteiger partial charge in [0.05, 0.1) is 72.5 Å². The van der Waals surface area contributed by atoms with Crippen molar-refractivity contribution in [1.82, 2.24) is 36.5 Å². The summed E-state index contributed by atoms with van der Waals surface area (Å²) in [6, 6.07) is 0. The number of unbranched alkanes of at least 4 members (excludes halogenated alkanes) is 6. The highest BCUT2D eigenvalue weighted by molar-refractivity contribution is 6.01. The number of hydroxylamine groups is 2. The predicted octanol–water partition coefficient (Wildman–Crippen LogP) is -12.0. The third-order valence-corrected chi connectivity index (χ3v) is 20.2. The Kier molecular flexibility index (Phi) is 44.3. The van der Waals surface area contributed by atoms with E-state index in [9.17, 15) is 140 Å². The molecule has 117 heavy (non-hydrogen) atoms. The van der Waals surface area contributed by atoms with E-state index in [0.717, 1.165) is 0 Å². The van der Waals surface area contributed by atoms with Crippen molar-refractivity contribution < 1.29 is 192 Å². The Morgan fingerprint density at radius 1 is 0.376 bits per heavy atom. The number of ether oxygens (including phenoxy) is 10. The lowest BCUT2D eigenvalue weighted by Gasteiger charge is -2.46. The largest absolute Gasteiger partial charge is 0.394 e. The third-order valence-electron chi connectivity index (χ3n) is 20.2. The number of rotatable bonds is 53. The average Bonchev–Trinajstić information content (AvgIpc) is 1.22. The number of hydrogen-bond donors (Lipinski definition) is 23. The number of aliphatic hydroxyl groups is 18. The van der Waals surface area contributed by atoms with Gasteiger partial charge in [-0.3, -0.25) is 48.1 Å². The Morgan fingerprint density at radius 2 is 0.752 bits per heavy atom. The van der Waals surface area contributed by atoms with Crippen molar-refractivity contribution in [3.63, 3.8) is 0 Å². The van der Waals surface area contributed by atoms with Crippen LogP contribution >= 0.6 is 0 Å². The normalized spacial score (nSPS) is 32.3. The lowest BCUT2D eigenvalue weighted by molar-refractivity contribution is -0.366. The van der Waals surface area contributed by atoms with E-state index < -0.39 is 259 Å². The van der Waals surface area contributed by atoms with Crippen molar-refractivity contribution in [3.05, 3.63) is 0 Å². The lowest BCUT2D eigenvalue weighted by Crippen LogP contribution is -2.65. The number of carbonyl (C=O) groups is 10. The molecule has 7 amide bonds. The molecular formula is C71H119N7O39. The molecular weight excluding hydrogens is 1570 g/mol. The maximum absolute atomic E-state index is 13.6. The fourth-order valence-electron chi connectivity index (χ4n) is 13.3. The van der Waals surface area contributed by atoms with Gasteiger partial charge in [0, 0.05) is 90.0 Å². The van der Waals surface area contributed by atoms with E-state index in [1.165, 1.54) is 4.90 Å². The molecule has 0 unspecified atom stereocenters. The zero-order valence-corrected chi connectivity index (χ0v) is 64.8. The summed E-state index contributed by atoms with van der Waals surface area (Å²) in [6.45, 7) is -5.77. The van der Waals surface area contributed by atoms with Gasteiger partial charge in [-0.1, -0.05) is 19.3 Å². The van der Waals surface area contributed by atoms with Crippen LogP contribution in [-0.2, 0) is 100 Å². The fraction of sp³-hybridized carbons (Fsp3) is 0.859. The van der Waals surface area contributed by atoms with Gasteiger partial charge in [-0.25, -0.2) is 4.79 Å². The van der Waals surface area contributed by atoms with Crippen LogP contribution in [0.4, 0.5) is 0 Å². The van der Waals surface area contributed by atoms with Crippen molar-refractivity contribution in [2.75, 3.05) is 105 Å². The summed E-state index contributed by atoms with van der Waals surface area (Å²) < 4.78 is 55.1. The van der Waals surface area contributed by atoms with Crippen molar-refractivity contribution in [2.45, 2.75) is 276 Å². The van der Waals surface area contributed by atoms with Crippen LogP contribution in [0.25, 0.3) is 0 Å². The summed E-state index contributed by atoms with van der Waals surface area (Å²) in [4.78, 5) is 135. The number of imide groups is 1. The van der Waals surface area contributed by atoms with Crippen LogP contribution in [0.2, 0.25) is 0 Å². The molecule has 0 aromatic heterocycles. The number of amides is 7. The number of ketones is 2. The van der Waals surface area contributed by atoms with Gasteiger partial charge < -0.3 is 171 Å². The monoisotopic (exact) mass is 1690 g/mol. The summed E-state index contributed by atoms with van der Waals surface area (Å²) >= 11 is 0. The van der Waals surface area contributed by atoms with E-state index >= 15 is 0 Å². The quantitative estimate of drug-likeness (QED) is 0.0199. The number of nitrogens with one attached hydrogen (secondary N) is 5.